The van der Waals surface area contributed by atoms with Crippen LogP contribution in [0.5, 0.6) is 0 Å². The summed E-state index contributed by atoms with van der Waals surface area (Å²) in [5, 5.41) is 6.78. The number of ketones is 1. The molecule has 10 heteroatoms. The number of imidazole rings is 1. The minimum absolute atomic E-state index is 0.0673. The van der Waals surface area contributed by atoms with Gasteiger partial charge in [0.2, 0.25) is 0 Å². The summed E-state index contributed by atoms with van der Waals surface area (Å²) in [7, 11) is 0. The van der Waals surface area contributed by atoms with Gasteiger partial charge in [-0.05, 0) is 44.2 Å². The van der Waals surface area contributed by atoms with Gasteiger partial charge in [0.1, 0.15) is 5.65 Å². The van der Waals surface area contributed by atoms with Crippen LogP contribution in [0.3, 0.4) is 0 Å². The van der Waals surface area contributed by atoms with Crippen molar-refractivity contribution in [3.63, 3.8) is 0 Å². The van der Waals surface area contributed by atoms with E-state index in [2.05, 4.69) is 15.4 Å². The van der Waals surface area contributed by atoms with Crippen molar-refractivity contribution in [3.8, 4) is 5.69 Å². The number of rotatable bonds is 6. The summed E-state index contributed by atoms with van der Waals surface area (Å²) in [5.41, 5.74) is 1.47. The molecule has 0 saturated carbocycles. The van der Waals surface area contributed by atoms with Gasteiger partial charge in [0.15, 0.2) is 0 Å². The number of alkyl halides is 3. The quantitative estimate of drug-likeness (QED) is 0.355. The van der Waals surface area contributed by atoms with E-state index in [0.29, 0.717) is 6.42 Å². The van der Waals surface area contributed by atoms with Crippen molar-refractivity contribution in [2.45, 2.75) is 26.4 Å². The molecule has 0 saturated heterocycles. The zero-order valence-electron chi connectivity index (χ0n) is 17.8. The fourth-order valence-corrected chi connectivity index (χ4v) is 3.64. The second-order valence-electron chi connectivity index (χ2n) is 7.54. The Morgan fingerprint density at radius 2 is 1.88 bits per heavy atom. The van der Waals surface area contributed by atoms with Crippen LogP contribution in [0.2, 0.25) is 0 Å². The van der Waals surface area contributed by atoms with Crippen molar-refractivity contribution < 1.29 is 22.8 Å². The summed E-state index contributed by atoms with van der Waals surface area (Å²) < 4.78 is 42.3. The third-order valence-corrected chi connectivity index (χ3v) is 5.22. The van der Waals surface area contributed by atoms with Crippen molar-refractivity contribution in [3.05, 3.63) is 83.1 Å². The molecule has 170 valence electrons. The van der Waals surface area contributed by atoms with Gasteiger partial charge >= 0.3 is 6.18 Å². The molecule has 3 heterocycles. The highest BCUT2D eigenvalue weighted by molar-refractivity contribution is 6.43. The number of hydrogen-bond acceptors (Lipinski definition) is 4. The number of nitrogens with zero attached hydrogens (tertiary/aromatic N) is 4. The molecule has 0 atom stereocenters. The molecule has 4 rings (SSSR count). The highest BCUT2D eigenvalue weighted by Gasteiger charge is 2.31. The molecule has 0 spiro atoms. The van der Waals surface area contributed by atoms with Gasteiger partial charge in [-0.2, -0.15) is 18.3 Å². The van der Waals surface area contributed by atoms with E-state index in [-0.39, 0.29) is 29.2 Å². The van der Waals surface area contributed by atoms with Crippen molar-refractivity contribution >= 4 is 17.3 Å². The van der Waals surface area contributed by atoms with Gasteiger partial charge < -0.3 is 9.72 Å². The Labute approximate surface area is 186 Å². The SMILES string of the molecule is Cc1nn(-c2cccc(C(F)(F)F)c2)c(C)c1C(=O)C(=O)NCCc1cn2ccccc2n1. The Bertz CT molecular complexity index is 1320. The van der Waals surface area contributed by atoms with E-state index in [9.17, 15) is 22.8 Å². The Balaban J connectivity index is 1.48. The van der Waals surface area contributed by atoms with Crippen LogP contribution in [0, 0.1) is 13.8 Å². The number of benzene rings is 1. The lowest BCUT2D eigenvalue weighted by atomic mass is 10.1. The lowest BCUT2D eigenvalue weighted by Crippen LogP contribution is -2.33. The molecule has 3 aromatic heterocycles. The summed E-state index contributed by atoms with van der Waals surface area (Å²) >= 11 is 0. The zero-order valence-corrected chi connectivity index (χ0v) is 17.8. The molecule has 4 aromatic rings. The van der Waals surface area contributed by atoms with E-state index in [1.54, 1.807) is 0 Å². The minimum atomic E-state index is -4.51. The van der Waals surface area contributed by atoms with Gasteiger partial charge in [0.25, 0.3) is 11.7 Å². The normalized spacial score (nSPS) is 11.7. The molecule has 33 heavy (non-hydrogen) atoms. The zero-order chi connectivity index (χ0) is 23.8. The molecule has 0 aliphatic carbocycles. The molecule has 1 N–H and O–H groups in total. The highest BCUT2D eigenvalue weighted by atomic mass is 19.4. The fraction of sp³-hybridized carbons (Fsp3) is 0.217. The maximum atomic E-state index is 13.1. The predicted molar refractivity (Wildman–Crippen MR) is 114 cm³/mol. The van der Waals surface area contributed by atoms with Gasteiger partial charge in [-0.15, -0.1) is 0 Å². The standard InChI is InChI=1S/C23H20F3N5O2/c1-14-20(15(2)31(29-14)18-7-5-6-16(12-18)23(24,25)26)21(32)22(33)27-10-9-17-13-30-11-4-3-8-19(30)28-17/h3-8,11-13H,9-10H2,1-2H3,(H,27,33). The number of Topliss-reactive ketones (excluding diaryl/α,β-unsaturated/α-hetero) is 1. The third kappa shape index (κ3) is 4.50. The predicted octanol–water partition coefficient (Wildman–Crippen LogP) is 3.70. The topological polar surface area (TPSA) is 81.3 Å². The number of halogens is 3. The van der Waals surface area contributed by atoms with Gasteiger partial charge in [-0.1, -0.05) is 12.1 Å². The molecule has 0 unspecified atom stereocenters. The lowest BCUT2D eigenvalue weighted by Gasteiger charge is -2.10. The van der Waals surface area contributed by atoms with Crippen LogP contribution in [-0.4, -0.2) is 37.4 Å². The molecule has 0 fully saturated rings. The van der Waals surface area contributed by atoms with Gasteiger partial charge in [-0.25, -0.2) is 9.67 Å². The van der Waals surface area contributed by atoms with Gasteiger partial charge in [0, 0.05) is 25.4 Å². The minimum Gasteiger partial charge on any atom is -0.349 e. The molecule has 1 amide bonds. The summed E-state index contributed by atoms with van der Waals surface area (Å²) in [4.78, 5) is 29.7. The molecule has 1 aromatic carbocycles. The highest BCUT2D eigenvalue weighted by Crippen LogP contribution is 2.31. The number of aromatic nitrogens is 4. The van der Waals surface area contributed by atoms with Crippen LogP contribution in [0.25, 0.3) is 11.3 Å². The molecular weight excluding hydrogens is 435 g/mol. The number of carbonyl (C=O) groups excluding carboxylic acids is 2. The Kier molecular flexibility index (Phi) is 5.75. The number of hydrogen-bond donors (Lipinski definition) is 1. The van der Waals surface area contributed by atoms with Crippen LogP contribution in [0.1, 0.15) is 33.0 Å². The van der Waals surface area contributed by atoms with Crippen molar-refractivity contribution in [1.29, 1.82) is 0 Å². The summed E-state index contributed by atoms with van der Waals surface area (Å²) in [6.07, 6.45) is -0.369. The Morgan fingerprint density at radius 1 is 1.09 bits per heavy atom. The lowest BCUT2D eigenvalue weighted by molar-refractivity contribution is -0.137. The number of amides is 1. The average Bonchev–Trinajstić information content (AvgIpc) is 3.32. The van der Waals surface area contributed by atoms with Crippen molar-refractivity contribution in [2.75, 3.05) is 6.54 Å². The second-order valence-corrected chi connectivity index (χ2v) is 7.54. The summed E-state index contributed by atoms with van der Waals surface area (Å²) in [5.74, 6) is -1.60. The number of carbonyl (C=O) groups is 2. The second kappa shape index (κ2) is 8.53. The first-order chi connectivity index (χ1) is 15.6. The van der Waals surface area contributed by atoms with Crippen LogP contribution in [0.4, 0.5) is 13.2 Å². The molecule has 0 aliphatic rings. The van der Waals surface area contributed by atoms with Crippen LogP contribution >= 0.6 is 0 Å². The van der Waals surface area contributed by atoms with E-state index < -0.39 is 23.4 Å². The average molecular weight is 455 g/mol. The molecule has 7 nitrogen and oxygen atoms in total. The van der Waals surface area contributed by atoms with E-state index in [1.807, 2.05) is 35.0 Å². The summed E-state index contributed by atoms with van der Waals surface area (Å²) in [6, 6.07) is 10.2. The van der Waals surface area contributed by atoms with Crippen molar-refractivity contribution in [1.82, 2.24) is 24.5 Å². The fourth-order valence-electron chi connectivity index (χ4n) is 3.64. The maximum Gasteiger partial charge on any atom is 0.416 e. The van der Waals surface area contributed by atoms with Crippen LogP contribution < -0.4 is 5.32 Å². The van der Waals surface area contributed by atoms with Crippen LogP contribution in [0.15, 0.2) is 54.9 Å². The first kappa shape index (κ1) is 22.3. The first-order valence-corrected chi connectivity index (χ1v) is 10.1. The molecule has 0 bridgehead atoms. The number of pyridine rings is 1. The molecule has 0 aliphatic heterocycles. The Hall–Kier alpha value is -3.95. The largest absolute Gasteiger partial charge is 0.416 e. The smallest absolute Gasteiger partial charge is 0.349 e. The van der Waals surface area contributed by atoms with Gasteiger partial charge in [-0.3, -0.25) is 9.59 Å². The molecule has 0 radical (unpaired) electrons. The van der Waals surface area contributed by atoms with Crippen molar-refractivity contribution in [2.24, 2.45) is 0 Å². The van der Waals surface area contributed by atoms with E-state index in [4.69, 9.17) is 0 Å². The summed E-state index contributed by atoms with van der Waals surface area (Å²) in [6.45, 7) is 3.28. The van der Waals surface area contributed by atoms with E-state index in [0.717, 1.165) is 23.5 Å². The van der Waals surface area contributed by atoms with E-state index >= 15 is 0 Å². The number of aryl methyl sites for hydroxylation is 1. The number of fused-ring (bicyclic) bond motifs is 1. The number of nitrogens with one attached hydrogen (secondary N) is 1. The van der Waals surface area contributed by atoms with E-state index in [1.165, 1.54) is 30.7 Å². The Morgan fingerprint density at radius 3 is 2.61 bits per heavy atom. The third-order valence-electron chi connectivity index (χ3n) is 5.22. The monoisotopic (exact) mass is 455 g/mol. The molecular formula is C23H20F3N5O2. The van der Waals surface area contributed by atoms with Gasteiger partial charge in [0.05, 0.1) is 33.9 Å². The maximum absolute atomic E-state index is 13.1. The van der Waals surface area contributed by atoms with Crippen LogP contribution in [-0.2, 0) is 17.4 Å². The first-order valence-electron chi connectivity index (χ1n) is 10.1.